The van der Waals surface area contributed by atoms with Crippen LogP contribution in [-0.4, -0.2) is 11.2 Å². The van der Waals surface area contributed by atoms with Gasteiger partial charge in [-0.15, -0.1) is 0 Å². The van der Waals surface area contributed by atoms with Crippen molar-refractivity contribution in [2.75, 3.05) is 0 Å². The molecule has 2 unspecified atom stereocenters. The monoisotopic (exact) mass is 354 g/mol. The summed E-state index contributed by atoms with van der Waals surface area (Å²) in [6, 6.07) is 0. The van der Waals surface area contributed by atoms with Crippen LogP contribution >= 0.6 is 0 Å². The highest BCUT2D eigenvalue weighted by molar-refractivity contribution is 4.62. The minimum absolute atomic E-state index is 0.0824. The summed E-state index contributed by atoms with van der Waals surface area (Å²) >= 11 is 0. The van der Waals surface area contributed by atoms with Crippen LogP contribution < -0.4 is 0 Å². The Balaban J connectivity index is 3.07. The SMILES string of the molecule is CCCCCCCCCCCCCCCCCCCC(C)C(O)CC. The highest BCUT2D eigenvalue weighted by atomic mass is 16.3. The van der Waals surface area contributed by atoms with Gasteiger partial charge in [0.05, 0.1) is 6.10 Å². The number of rotatable bonds is 20. The van der Waals surface area contributed by atoms with Crippen LogP contribution in [0.3, 0.4) is 0 Å². The van der Waals surface area contributed by atoms with E-state index in [9.17, 15) is 5.11 Å². The Morgan fingerprint density at radius 1 is 0.520 bits per heavy atom. The number of hydrogen-bond donors (Lipinski definition) is 1. The minimum atomic E-state index is -0.0824. The van der Waals surface area contributed by atoms with Crippen LogP contribution in [0.1, 0.15) is 143 Å². The van der Waals surface area contributed by atoms with Gasteiger partial charge >= 0.3 is 0 Å². The topological polar surface area (TPSA) is 20.2 Å². The number of unbranched alkanes of at least 4 members (excludes halogenated alkanes) is 16. The molecule has 1 N–H and O–H groups in total. The molecule has 1 heteroatoms. The zero-order valence-corrected chi connectivity index (χ0v) is 18.0. The highest BCUT2D eigenvalue weighted by Gasteiger charge is 2.10. The van der Waals surface area contributed by atoms with Gasteiger partial charge in [0.25, 0.3) is 0 Å². The Bertz CT molecular complexity index is 238. The van der Waals surface area contributed by atoms with Crippen molar-refractivity contribution in [1.29, 1.82) is 0 Å². The molecule has 0 saturated heterocycles. The second-order valence-corrected chi connectivity index (χ2v) is 8.40. The maximum absolute atomic E-state index is 9.76. The largest absolute Gasteiger partial charge is 0.393 e. The molecular formula is C24H50O. The van der Waals surface area contributed by atoms with Crippen LogP contribution in [0.5, 0.6) is 0 Å². The van der Waals surface area contributed by atoms with Crippen molar-refractivity contribution < 1.29 is 5.11 Å². The first kappa shape index (κ1) is 25.0. The number of aliphatic hydroxyl groups is 1. The Hall–Kier alpha value is -0.0400. The molecular weight excluding hydrogens is 304 g/mol. The fraction of sp³-hybridized carbons (Fsp3) is 1.00. The van der Waals surface area contributed by atoms with Crippen molar-refractivity contribution in [1.82, 2.24) is 0 Å². The van der Waals surface area contributed by atoms with Gasteiger partial charge in [-0.2, -0.15) is 0 Å². The van der Waals surface area contributed by atoms with Crippen LogP contribution in [0.15, 0.2) is 0 Å². The van der Waals surface area contributed by atoms with E-state index in [0.717, 1.165) is 6.42 Å². The molecule has 25 heavy (non-hydrogen) atoms. The lowest BCUT2D eigenvalue weighted by Gasteiger charge is -2.16. The van der Waals surface area contributed by atoms with Gasteiger partial charge in [-0.1, -0.05) is 130 Å². The van der Waals surface area contributed by atoms with Crippen molar-refractivity contribution in [2.45, 2.75) is 149 Å². The lowest BCUT2D eigenvalue weighted by Crippen LogP contribution is -2.15. The third-order valence-electron chi connectivity index (χ3n) is 5.84. The van der Waals surface area contributed by atoms with Crippen molar-refractivity contribution in [3.05, 3.63) is 0 Å². The lowest BCUT2D eigenvalue weighted by molar-refractivity contribution is 0.106. The first-order chi connectivity index (χ1) is 12.2. The van der Waals surface area contributed by atoms with E-state index >= 15 is 0 Å². The molecule has 0 spiro atoms. The fourth-order valence-electron chi connectivity index (χ4n) is 3.79. The summed E-state index contributed by atoms with van der Waals surface area (Å²) < 4.78 is 0. The van der Waals surface area contributed by atoms with Crippen LogP contribution in [0.4, 0.5) is 0 Å². The molecule has 2 atom stereocenters. The van der Waals surface area contributed by atoms with Gasteiger partial charge < -0.3 is 5.11 Å². The fourth-order valence-corrected chi connectivity index (χ4v) is 3.79. The second-order valence-electron chi connectivity index (χ2n) is 8.40. The lowest BCUT2D eigenvalue weighted by atomic mass is 9.95. The molecule has 1 nitrogen and oxygen atoms in total. The molecule has 0 aromatic carbocycles. The minimum Gasteiger partial charge on any atom is -0.393 e. The van der Waals surface area contributed by atoms with E-state index in [2.05, 4.69) is 20.8 Å². The first-order valence-electron chi connectivity index (χ1n) is 11.9. The molecule has 0 aromatic rings. The van der Waals surface area contributed by atoms with E-state index in [-0.39, 0.29) is 6.10 Å². The van der Waals surface area contributed by atoms with Crippen molar-refractivity contribution in [3.63, 3.8) is 0 Å². The third-order valence-corrected chi connectivity index (χ3v) is 5.84. The zero-order chi connectivity index (χ0) is 18.6. The van der Waals surface area contributed by atoms with Gasteiger partial charge in [-0.05, 0) is 18.8 Å². The molecule has 0 aliphatic carbocycles. The van der Waals surface area contributed by atoms with Gasteiger partial charge in [-0.25, -0.2) is 0 Å². The molecule has 0 rings (SSSR count). The Morgan fingerprint density at radius 2 is 0.840 bits per heavy atom. The third kappa shape index (κ3) is 18.5. The van der Waals surface area contributed by atoms with Gasteiger partial charge in [0.2, 0.25) is 0 Å². The van der Waals surface area contributed by atoms with E-state index in [1.165, 1.54) is 116 Å². The van der Waals surface area contributed by atoms with E-state index in [4.69, 9.17) is 0 Å². The summed E-state index contributed by atoms with van der Waals surface area (Å²) in [6.45, 7) is 6.57. The van der Waals surface area contributed by atoms with Crippen LogP contribution in [0, 0.1) is 5.92 Å². The van der Waals surface area contributed by atoms with E-state index in [0.29, 0.717) is 5.92 Å². The smallest absolute Gasteiger partial charge is 0.0563 e. The zero-order valence-electron chi connectivity index (χ0n) is 18.0. The molecule has 0 aliphatic heterocycles. The van der Waals surface area contributed by atoms with E-state index < -0.39 is 0 Å². The predicted octanol–water partition coefficient (Wildman–Crippen LogP) is 8.44. The standard InChI is InChI=1S/C24H50O/c1-4-6-7-8-9-10-11-12-13-14-15-16-17-18-19-20-21-22-23(3)24(25)5-2/h23-25H,4-22H2,1-3H3. The molecule has 152 valence electrons. The molecule has 0 heterocycles. The van der Waals surface area contributed by atoms with Crippen LogP contribution in [0.25, 0.3) is 0 Å². The molecule has 0 radical (unpaired) electrons. The van der Waals surface area contributed by atoms with Gasteiger partial charge in [-0.3, -0.25) is 0 Å². The molecule has 0 bridgehead atoms. The van der Waals surface area contributed by atoms with Gasteiger partial charge in [0, 0.05) is 0 Å². The van der Waals surface area contributed by atoms with Crippen LogP contribution in [0.2, 0.25) is 0 Å². The molecule has 0 amide bonds. The first-order valence-corrected chi connectivity index (χ1v) is 11.9. The van der Waals surface area contributed by atoms with Crippen molar-refractivity contribution in [3.8, 4) is 0 Å². The second kappa shape index (κ2) is 20.3. The maximum atomic E-state index is 9.76. The summed E-state index contributed by atoms with van der Waals surface area (Å²) in [6.07, 6.45) is 26.4. The maximum Gasteiger partial charge on any atom is 0.0563 e. The highest BCUT2D eigenvalue weighted by Crippen LogP contribution is 2.17. The average molecular weight is 355 g/mol. The Kier molecular flexibility index (Phi) is 20.2. The average Bonchev–Trinajstić information content (AvgIpc) is 2.63. The Labute approximate surface area is 160 Å². The summed E-state index contributed by atoms with van der Waals surface area (Å²) in [7, 11) is 0. The summed E-state index contributed by atoms with van der Waals surface area (Å²) in [4.78, 5) is 0. The summed E-state index contributed by atoms with van der Waals surface area (Å²) in [5.41, 5.74) is 0. The van der Waals surface area contributed by atoms with E-state index in [1.807, 2.05) is 0 Å². The Morgan fingerprint density at radius 3 is 1.16 bits per heavy atom. The van der Waals surface area contributed by atoms with Crippen molar-refractivity contribution in [2.24, 2.45) is 5.92 Å². The predicted molar refractivity (Wildman–Crippen MR) is 114 cm³/mol. The quantitative estimate of drug-likeness (QED) is 0.217. The molecule has 0 fully saturated rings. The molecule has 0 aliphatic rings. The number of aliphatic hydroxyl groups excluding tert-OH is 1. The molecule has 0 saturated carbocycles. The van der Waals surface area contributed by atoms with E-state index in [1.54, 1.807) is 0 Å². The summed E-state index contributed by atoms with van der Waals surface area (Å²) in [5, 5.41) is 9.76. The van der Waals surface area contributed by atoms with Crippen molar-refractivity contribution >= 4 is 0 Å². The normalized spacial score (nSPS) is 13.9. The molecule has 0 aromatic heterocycles. The summed E-state index contributed by atoms with van der Waals surface area (Å²) in [5.74, 6) is 0.487. The van der Waals surface area contributed by atoms with Crippen LogP contribution in [-0.2, 0) is 0 Å². The van der Waals surface area contributed by atoms with Gasteiger partial charge in [0.15, 0.2) is 0 Å². The number of hydrogen-bond acceptors (Lipinski definition) is 1. The van der Waals surface area contributed by atoms with Gasteiger partial charge in [0.1, 0.15) is 0 Å².